The number of nitrogens with zero attached hydrogens (tertiary/aromatic N) is 2. The van der Waals surface area contributed by atoms with Crippen LogP contribution in [0.15, 0.2) is 30.3 Å². The van der Waals surface area contributed by atoms with Gasteiger partial charge in [-0.05, 0) is 68.0 Å². The Bertz CT molecular complexity index is 1310. The van der Waals surface area contributed by atoms with Gasteiger partial charge in [-0.1, -0.05) is 23.2 Å². The van der Waals surface area contributed by atoms with Crippen molar-refractivity contribution in [3.63, 3.8) is 0 Å². The molecule has 9 heteroatoms. The molecule has 0 N–H and O–H groups in total. The first-order valence-corrected chi connectivity index (χ1v) is 12.6. The van der Waals surface area contributed by atoms with Gasteiger partial charge in [0, 0.05) is 55.1 Å². The highest BCUT2D eigenvalue weighted by Gasteiger charge is 2.27. The smallest absolute Gasteiger partial charge is 0.387 e. The van der Waals surface area contributed by atoms with Crippen LogP contribution in [0.1, 0.15) is 53.4 Å². The summed E-state index contributed by atoms with van der Waals surface area (Å²) < 4.78 is 32.0. The van der Waals surface area contributed by atoms with Crippen LogP contribution in [-0.4, -0.2) is 40.9 Å². The number of amides is 1. The van der Waals surface area contributed by atoms with Crippen LogP contribution in [0, 0.1) is 12.8 Å². The number of hydrogen-bond acceptors (Lipinski definition) is 3. The first-order valence-electron chi connectivity index (χ1n) is 11.8. The maximum absolute atomic E-state index is 13.3. The average Bonchev–Trinajstić information content (AvgIpc) is 3.12. The maximum Gasteiger partial charge on any atom is 0.387 e. The summed E-state index contributed by atoms with van der Waals surface area (Å²) in [6, 6.07) is 8.46. The van der Waals surface area contributed by atoms with E-state index in [0.717, 1.165) is 35.0 Å². The van der Waals surface area contributed by atoms with Gasteiger partial charge in [0.25, 0.3) is 5.91 Å². The second-order valence-electron chi connectivity index (χ2n) is 9.45. The fourth-order valence-electron chi connectivity index (χ4n) is 4.99. The Morgan fingerprint density at radius 1 is 1.14 bits per heavy atom. The minimum atomic E-state index is -2.90. The molecule has 36 heavy (non-hydrogen) atoms. The Morgan fingerprint density at radius 2 is 1.83 bits per heavy atom. The third-order valence-electron chi connectivity index (χ3n) is 6.92. The highest BCUT2D eigenvalue weighted by atomic mass is 35.5. The summed E-state index contributed by atoms with van der Waals surface area (Å²) in [6.07, 6.45) is 2.48. The molecule has 5 nitrogen and oxygen atoms in total. The van der Waals surface area contributed by atoms with Crippen LogP contribution in [0.25, 0.3) is 10.9 Å². The van der Waals surface area contributed by atoms with Gasteiger partial charge in [-0.15, -0.1) is 0 Å². The molecule has 0 atom stereocenters. The number of carbonyl (C=O) groups is 2. The summed E-state index contributed by atoms with van der Waals surface area (Å²) in [5, 5.41) is 1.66. The van der Waals surface area contributed by atoms with E-state index in [-0.39, 0.29) is 17.4 Å². The minimum Gasteiger partial charge on any atom is -0.435 e. The van der Waals surface area contributed by atoms with Crippen molar-refractivity contribution >= 4 is 45.8 Å². The number of carbonyl (C=O) groups excluding carboxylic acids is 2. The van der Waals surface area contributed by atoms with E-state index in [1.54, 1.807) is 36.1 Å². The summed E-state index contributed by atoms with van der Waals surface area (Å²) in [4.78, 5) is 26.5. The molecule has 3 aromatic rings. The lowest BCUT2D eigenvalue weighted by atomic mass is 9.91. The van der Waals surface area contributed by atoms with Gasteiger partial charge in [0.1, 0.15) is 11.5 Å². The van der Waals surface area contributed by atoms with Crippen LogP contribution in [0.2, 0.25) is 10.0 Å². The summed E-state index contributed by atoms with van der Waals surface area (Å²) in [7, 11) is 1.84. The maximum atomic E-state index is 13.3. The summed E-state index contributed by atoms with van der Waals surface area (Å²) in [5.41, 5.74) is 3.43. The molecular weight excluding hydrogens is 509 g/mol. The van der Waals surface area contributed by atoms with Gasteiger partial charge in [-0.25, -0.2) is 0 Å². The Kier molecular flexibility index (Phi) is 7.90. The molecule has 2 heterocycles. The molecule has 2 aromatic carbocycles. The van der Waals surface area contributed by atoms with Gasteiger partial charge in [-0.2, -0.15) is 8.78 Å². The number of ketones is 1. The number of aromatic nitrogens is 1. The lowest BCUT2D eigenvalue weighted by Gasteiger charge is -2.32. The second kappa shape index (κ2) is 10.8. The number of piperidine rings is 1. The van der Waals surface area contributed by atoms with Crippen LogP contribution < -0.4 is 4.74 Å². The van der Waals surface area contributed by atoms with Crippen molar-refractivity contribution in [1.82, 2.24) is 9.47 Å². The zero-order chi connectivity index (χ0) is 26.1. The van der Waals surface area contributed by atoms with E-state index in [0.29, 0.717) is 53.0 Å². The number of aryl methyl sites for hydroxylation is 2. The van der Waals surface area contributed by atoms with E-state index >= 15 is 0 Å². The molecule has 1 aliphatic heterocycles. The van der Waals surface area contributed by atoms with E-state index in [2.05, 4.69) is 4.74 Å². The molecule has 1 aromatic heterocycles. The summed E-state index contributed by atoms with van der Waals surface area (Å²) in [6.45, 7) is 1.69. The van der Waals surface area contributed by atoms with E-state index in [1.807, 2.05) is 24.6 Å². The Morgan fingerprint density at radius 3 is 2.47 bits per heavy atom. The van der Waals surface area contributed by atoms with Crippen molar-refractivity contribution in [1.29, 1.82) is 0 Å². The van der Waals surface area contributed by atoms with Crippen LogP contribution in [0.4, 0.5) is 8.78 Å². The second-order valence-corrected chi connectivity index (χ2v) is 10.2. The molecule has 0 spiro atoms. The highest BCUT2D eigenvalue weighted by Crippen LogP contribution is 2.35. The largest absolute Gasteiger partial charge is 0.435 e. The zero-order valence-electron chi connectivity index (χ0n) is 20.4. The highest BCUT2D eigenvalue weighted by molar-refractivity contribution is 6.38. The zero-order valence-corrected chi connectivity index (χ0v) is 21.9. The van der Waals surface area contributed by atoms with Crippen molar-refractivity contribution in [3.05, 3.63) is 62.8 Å². The number of alkyl halides is 2. The van der Waals surface area contributed by atoms with Crippen molar-refractivity contribution in [2.75, 3.05) is 13.1 Å². The van der Waals surface area contributed by atoms with Gasteiger partial charge in [-0.3, -0.25) is 4.79 Å². The van der Waals surface area contributed by atoms with Crippen molar-refractivity contribution < 1.29 is 23.1 Å². The Hall–Kier alpha value is -2.64. The van der Waals surface area contributed by atoms with Crippen LogP contribution >= 0.6 is 23.2 Å². The first-order chi connectivity index (χ1) is 17.0. The lowest BCUT2D eigenvalue weighted by molar-refractivity contribution is -0.118. The number of rotatable bonds is 7. The fraction of sp³-hybridized carbons (Fsp3) is 0.407. The quantitative estimate of drug-likeness (QED) is 0.333. The molecule has 1 saturated heterocycles. The van der Waals surface area contributed by atoms with E-state index < -0.39 is 6.61 Å². The molecule has 4 rings (SSSR count). The molecule has 0 aliphatic carbocycles. The van der Waals surface area contributed by atoms with Crippen molar-refractivity contribution in [2.24, 2.45) is 13.0 Å². The molecule has 1 aliphatic rings. The van der Waals surface area contributed by atoms with Crippen molar-refractivity contribution in [2.45, 2.75) is 46.1 Å². The third-order valence-corrected chi connectivity index (χ3v) is 7.70. The molecule has 192 valence electrons. The predicted molar refractivity (Wildman–Crippen MR) is 137 cm³/mol. The SMILES string of the molecule is CC(=O)CC1CCN(C(=O)c2ccc(Cl)c(Cc3cc4c(C)cc(OC(F)F)cc4n3C)c2Cl)CC1. The standard InChI is InChI=1S/C27H28Cl2F2N2O3/c1-15-10-19(36-27(30)31)14-24-21(15)12-18(32(24)3)13-22-23(28)5-4-20(25(22)29)26(35)33-8-6-17(7-9-33)11-16(2)34/h4-5,10,12,14,17,27H,6-9,11,13H2,1-3H3. The Balaban J connectivity index is 1.60. The molecule has 1 fully saturated rings. The van der Waals surface area contributed by atoms with E-state index in [4.69, 9.17) is 23.2 Å². The van der Waals surface area contributed by atoms with Crippen molar-refractivity contribution in [3.8, 4) is 5.75 Å². The number of halogens is 4. The monoisotopic (exact) mass is 536 g/mol. The molecular formula is C27H28Cl2F2N2O3. The lowest BCUT2D eigenvalue weighted by Crippen LogP contribution is -2.39. The third kappa shape index (κ3) is 5.52. The molecule has 1 amide bonds. The van der Waals surface area contributed by atoms with Gasteiger partial charge >= 0.3 is 6.61 Å². The first kappa shape index (κ1) is 26.4. The topological polar surface area (TPSA) is 51.5 Å². The molecule has 0 radical (unpaired) electrons. The van der Waals surface area contributed by atoms with Gasteiger partial charge in [0.05, 0.1) is 16.1 Å². The number of benzene rings is 2. The van der Waals surface area contributed by atoms with E-state index in [9.17, 15) is 18.4 Å². The van der Waals surface area contributed by atoms with Crippen LogP contribution in [0.5, 0.6) is 5.75 Å². The molecule has 0 bridgehead atoms. The number of Topliss-reactive ketones (excluding diaryl/α,β-unsaturated/α-hetero) is 1. The number of fused-ring (bicyclic) bond motifs is 1. The van der Waals surface area contributed by atoms with Gasteiger partial charge in [0.15, 0.2) is 0 Å². The number of likely N-dealkylation sites (tertiary alicyclic amines) is 1. The molecule has 0 saturated carbocycles. The van der Waals surface area contributed by atoms with Gasteiger partial charge in [0.2, 0.25) is 0 Å². The van der Waals surface area contributed by atoms with Crippen LogP contribution in [0.3, 0.4) is 0 Å². The molecule has 0 unspecified atom stereocenters. The van der Waals surface area contributed by atoms with E-state index in [1.165, 1.54) is 0 Å². The average molecular weight is 537 g/mol. The summed E-state index contributed by atoms with van der Waals surface area (Å²) in [5.74, 6) is 0.426. The number of ether oxygens (including phenoxy) is 1. The fourth-order valence-corrected chi connectivity index (χ4v) is 5.58. The van der Waals surface area contributed by atoms with Gasteiger partial charge < -0.3 is 19.0 Å². The minimum absolute atomic E-state index is 0.0958. The normalized spacial score (nSPS) is 14.6. The summed E-state index contributed by atoms with van der Waals surface area (Å²) >= 11 is 13.3. The Labute approximate surface area is 218 Å². The number of hydrogen-bond donors (Lipinski definition) is 0. The van der Waals surface area contributed by atoms with Crippen LogP contribution in [-0.2, 0) is 18.3 Å². The predicted octanol–water partition coefficient (Wildman–Crippen LogP) is 6.82.